The highest BCUT2D eigenvalue weighted by Crippen LogP contribution is 2.25. The number of H-pyrrole nitrogens is 1. The standard InChI is InChI=1S/C20H24N6O2/c1-20(2,3)26-18-15(9-21-26)19(28)24-17(23-18)13-10-25(11-13)12-16(27)22-14-7-5-4-6-8-14/h4-9,13H,10-12H2,1-3H3,(H,22,27)(H,23,24,28). The summed E-state index contributed by atoms with van der Waals surface area (Å²) >= 11 is 0. The van der Waals surface area contributed by atoms with Crippen LogP contribution in [0.2, 0.25) is 0 Å². The number of carbonyl (C=O) groups is 1. The molecule has 8 heteroatoms. The van der Waals surface area contributed by atoms with Crippen LogP contribution in [0.1, 0.15) is 32.5 Å². The molecular weight excluding hydrogens is 356 g/mol. The number of para-hydroxylation sites is 1. The van der Waals surface area contributed by atoms with E-state index in [1.54, 1.807) is 10.9 Å². The molecule has 1 aliphatic rings. The van der Waals surface area contributed by atoms with Gasteiger partial charge in [0.2, 0.25) is 5.91 Å². The molecule has 0 unspecified atom stereocenters. The number of likely N-dealkylation sites (tertiary alicyclic amines) is 1. The van der Waals surface area contributed by atoms with Crippen LogP contribution in [0.5, 0.6) is 0 Å². The molecule has 0 saturated carbocycles. The van der Waals surface area contributed by atoms with Gasteiger partial charge in [0, 0.05) is 24.7 Å². The Bertz CT molecular complexity index is 1060. The first-order valence-corrected chi connectivity index (χ1v) is 9.37. The van der Waals surface area contributed by atoms with Crippen molar-refractivity contribution < 1.29 is 4.79 Å². The number of hydrogen-bond acceptors (Lipinski definition) is 5. The van der Waals surface area contributed by atoms with Gasteiger partial charge >= 0.3 is 0 Å². The summed E-state index contributed by atoms with van der Waals surface area (Å²) in [5.41, 5.74) is 0.958. The van der Waals surface area contributed by atoms with E-state index >= 15 is 0 Å². The molecule has 1 fully saturated rings. The van der Waals surface area contributed by atoms with Crippen molar-refractivity contribution in [1.29, 1.82) is 0 Å². The molecule has 1 aromatic carbocycles. The fourth-order valence-electron chi connectivity index (χ4n) is 3.42. The number of fused-ring (bicyclic) bond motifs is 1. The van der Waals surface area contributed by atoms with Crippen molar-refractivity contribution in [3.05, 3.63) is 52.7 Å². The van der Waals surface area contributed by atoms with Crippen molar-refractivity contribution in [3.63, 3.8) is 0 Å². The lowest BCUT2D eigenvalue weighted by molar-refractivity contribution is -0.118. The molecule has 8 nitrogen and oxygen atoms in total. The first-order valence-electron chi connectivity index (χ1n) is 9.37. The molecule has 0 radical (unpaired) electrons. The van der Waals surface area contributed by atoms with E-state index < -0.39 is 0 Å². The fourth-order valence-corrected chi connectivity index (χ4v) is 3.42. The topological polar surface area (TPSA) is 95.9 Å². The maximum absolute atomic E-state index is 12.4. The maximum atomic E-state index is 12.4. The Morgan fingerprint density at radius 1 is 1.25 bits per heavy atom. The zero-order chi connectivity index (χ0) is 19.9. The number of amides is 1. The minimum atomic E-state index is -0.263. The molecule has 2 aromatic heterocycles. The van der Waals surface area contributed by atoms with Gasteiger partial charge in [0.05, 0.1) is 18.3 Å². The van der Waals surface area contributed by atoms with E-state index in [4.69, 9.17) is 0 Å². The molecule has 1 amide bonds. The number of carbonyl (C=O) groups excluding carboxylic acids is 1. The lowest BCUT2D eigenvalue weighted by Gasteiger charge is -2.37. The third kappa shape index (κ3) is 3.55. The summed E-state index contributed by atoms with van der Waals surface area (Å²) in [7, 11) is 0. The molecular formula is C20H24N6O2. The van der Waals surface area contributed by atoms with Crippen LogP contribution in [0.3, 0.4) is 0 Å². The van der Waals surface area contributed by atoms with Crippen molar-refractivity contribution in [2.24, 2.45) is 0 Å². The Labute approximate surface area is 162 Å². The van der Waals surface area contributed by atoms with Crippen LogP contribution in [0.25, 0.3) is 11.0 Å². The normalized spacial score (nSPS) is 15.5. The van der Waals surface area contributed by atoms with Gasteiger partial charge in [-0.15, -0.1) is 0 Å². The van der Waals surface area contributed by atoms with E-state index in [9.17, 15) is 9.59 Å². The van der Waals surface area contributed by atoms with Gasteiger partial charge in [0.15, 0.2) is 5.65 Å². The van der Waals surface area contributed by atoms with Gasteiger partial charge in [0.1, 0.15) is 11.2 Å². The summed E-state index contributed by atoms with van der Waals surface area (Å²) < 4.78 is 1.78. The van der Waals surface area contributed by atoms with E-state index in [2.05, 4.69) is 20.4 Å². The zero-order valence-electron chi connectivity index (χ0n) is 16.3. The molecule has 0 bridgehead atoms. The van der Waals surface area contributed by atoms with Crippen molar-refractivity contribution >= 4 is 22.6 Å². The van der Waals surface area contributed by atoms with Crippen LogP contribution in [0, 0.1) is 0 Å². The van der Waals surface area contributed by atoms with E-state index in [1.165, 1.54) is 0 Å². The van der Waals surface area contributed by atoms with Crippen LogP contribution >= 0.6 is 0 Å². The third-order valence-corrected chi connectivity index (χ3v) is 4.86. The first kappa shape index (κ1) is 18.4. The molecule has 3 aromatic rings. The van der Waals surface area contributed by atoms with Gasteiger partial charge in [-0.25, -0.2) is 9.67 Å². The summed E-state index contributed by atoms with van der Waals surface area (Å²) in [6.45, 7) is 7.76. The van der Waals surface area contributed by atoms with Gasteiger partial charge < -0.3 is 10.3 Å². The van der Waals surface area contributed by atoms with E-state index in [0.717, 1.165) is 5.69 Å². The SMILES string of the molecule is CC(C)(C)n1ncc2c(=O)[nH]c(C3CN(CC(=O)Nc4ccccc4)C3)nc21. The minimum absolute atomic E-state index is 0.0487. The Hall–Kier alpha value is -3.00. The molecule has 146 valence electrons. The number of nitrogens with zero attached hydrogens (tertiary/aromatic N) is 4. The number of rotatable bonds is 4. The van der Waals surface area contributed by atoms with E-state index in [1.807, 2.05) is 56.0 Å². The predicted molar refractivity (Wildman–Crippen MR) is 107 cm³/mol. The molecule has 1 saturated heterocycles. The molecule has 0 spiro atoms. The molecule has 1 aliphatic heterocycles. The van der Waals surface area contributed by atoms with Crippen LogP contribution in [0.15, 0.2) is 41.3 Å². The van der Waals surface area contributed by atoms with Gasteiger partial charge in [0.25, 0.3) is 5.56 Å². The number of aromatic nitrogens is 4. The molecule has 0 atom stereocenters. The predicted octanol–water partition coefficient (Wildman–Crippen LogP) is 1.91. The first-order chi connectivity index (χ1) is 13.3. The number of aromatic amines is 1. The summed E-state index contributed by atoms with van der Waals surface area (Å²) in [5.74, 6) is 0.709. The maximum Gasteiger partial charge on any atom is 0.262 e. The Balaban J connectivity index is 1.43. The van der Waals surface area contributed by atoms with E-state index in [0.29, 0.717) is 36.5 Å². The average Bonchev–Trinajstić information content (AvgIpc) is 3.03. The number of benzene rings is 1. The van der Waals surface area contributed by atoms with Gasteiger partial charge in [-0.05, 0) is 32.9 Å². The van der Waals surface area contributed by atoms with Gasteiger partial charge in [-0.2, -0.15) is 5.10 Å². The number of anilines is 1. The van der Waals surface area contributed by atoms with Crippen molar-refractivity contribution in [2.75, 3.05) is 25.0 Å². The second kappa shape index (κ2) is 6.87. The second-order valence-electron chi connectivity index (χ2n) is 8.22. The summed E-state index contributed by atoms with van der Waals surface area (Å²) in [6.07, 6.45) is 1.57. The molecule has 28 heavy (non-hydrogen) atoms. The third-order valence-electron chi connectivity index (χ3n) is 4.86. The van der Waals surface area contributed by atoms with Crippen LogP contribution in [0.4, 0.5) is 5.69 Å². The monoisotopic (exact) mass is 380 g/mol. The lowest BCUT2D eigenvalue weighted by atomic mass is 9.99. The van der Waals surface area contributed by atoms with Crippen molar-refractivity contribution in [3.8, 4) is 0 Å². The highest BCUT2D eigenvalue weighted by molar-refractivity contribution is 5.92. The number of nitrogens with one attached hydrogen (secondary N) is 2. The average molecular weight is 380 g/mol. The van der Waals surface area contributed by atoms with Gasteiger partial charge in [-0.3, -0.25) is 14.5 Å². The van der Waals surface area contributed by atoms with Crippen molar-refractivity contribution in [1.82, 2.24) is 24.6 Å². The van der Waals surface area contributed by atoms with Crippen molar-refractivity contribution in [2.45, 2.75) is 32.2 Å². The number of hydrogen-bond donors (Lipinski definition) is 2. The van der Waals surface area contributed by atoms with E-state index in [-0.39, 0.29) is 22.9 Å². The quantitative estimate of drug-likeness (QED) is 0.721. The fraction of sp³-hybridized carbons (Fsp3) is 0.400. The molecule has 2 N–H and O–H groups in total. The molecule has 0 aliphatic carbocycles. The lowest BCUT2D eigenvalue weighted by Crippen LogP contribution is -2.49. The largest absolute Gasteiger partial charge is 0.325 e. The molecule has 4 rings (SSSR count). The molecule has 3 heterocycles. The van der Waals surface area contributed by atoms with Crippen LogP contribution in [-0.2, 0) is 10.3 Å². The van der Waals surface area contributed by atoms with Gasteiger partial charge in [-0.1, -0.05) is 18.2 Å². The smallest absolute Gasteiger partial charge is 0.262 e. The zero-order valence-corrected chi connectivity index (χ0v) is 16.3. The second-order valence-corrected chi connectivity index (χ2v) is 8.22. The highest BCUT2D eigenvalue weighted by Gasteiger charge is 2.32. The Morgan fingerprint density at radius 3 is 2.64 bits per heavy atom. The summed E-state index contributed by atoms with van der Waals surface area (Å²) in [4.78, 5) is 34.2. The Kier molecular flexibility index (Phi) is 4.50. The Morgan fingerprint density at radius 2 is 1.96 bits per heavy atom. The highest BCUT2D eigenvalue weighted by atomic mass is 16.2. The van der Waals surface area contributed by atoms with Crippen LogP contribution in [-0.4, -0.2) is 50.2 Å². The summed E-state index contributed by atoms with van der Waals surface area (Å²) in [6, 6.07) is 9.40. The summed E-state index contributed by atoms with van der Waals surface area (Å²) in [5, 5.41) is 7.72. The van der Waals surface area contributed by atoms with Crippen LogP contribution < -0.4 is 10.9 Å². The minimum Gasteiger partial charge on any atom is -0.325 e.